The molecule has 2 aliphatic carbocycles. The van der Waals surface area contributed by atoms with Crippen LogP contribution < -0.4 is 0 Å². The molecule has 0 radical (unpaired) electrons. The molecule has 2 rings (SSSR count). The largest absolute Gasteiger partial charge is 0.0914 e. The highest BCUT2D eigenvalue weighted by molar-refractivity contribution is 5.16. The molecule has 2 aliphatic rings. The lowest BCUT2D eigenvalue weighted by atomic mass is 9.84. The number of rotatable bonds is 1. The average Bonchev–Trinajstić information content (AvgIpc) is 2.54. The summed E-state index contributed by atoms with van der Waals surface area (Å²) in [5, 5.41) is 0. The van der Waals surface area contributed by atoms with Crippen molar-refractivity contribution < 1.29 is 0 Å². The van der Waals surface area contributed by atoms with E-state index in [0.29, 0.717) is 0 Å². The minimum atomic E-state index is 0.843. The maximum atomic E-state index is 2.41. The van der Waals surface area contributed by atoms with E-state index >= 15 is 0 Å². The third-order valence-corrected chi connectivity index (χ3v) is 3.34. The van der Waals surface area contributed by atoms with Crippen molar-refractivity contribution in [2.24, 2.45) is 23.7 Å². The van der Waals surface area contributed by atoms with Gasteiger partial charge in [-0.2, -0.15) is 0 Å². The van der Waals surface area contributed by atoms with Gasteiger partial charge in [0.25, 0.3) is 0 Å². The van der Waals surface area contributed by atoms with Crippen molar-refractivity contribution in [3.05, 3.63) is 24.3 Å². The molecule has 0 aromatic carbocycles. The zero-order chi connectivity index (χ0) is 7.84. The van der Waals surface area contributed by atoms with E-state index in [1.165, 1.54) is 6.42 Å². The van der Waals surface area contributed by atoms with Crippen LogP contribution >= 0.6 is 0 Å². The molecule has 0 saturated heterocycles. The first-order valence-corrected chi connectivity index (χ1v) is 4.64. The lowest BCUT2D eigenvalue weighted by Gasteiger charge is -2.21. The van der Waals surface area contributed by atoms with Gasteiger partial charge in [0.1, 0.15) is 0 Å². The summed E-state index contributed by atoms with van der Waals surface area (Å²) >= 11 is 0. The molecule has 0 spiro atoms. The normalized spacial score (nSPS) is 47.8. The van der Waals surface area contributed by atoms with Gasteiger partial charge in [0.2, 0.25) is 0 Å². The number of hydrogen-bond acceptors (Lipinski definition) is 0. The number of hydrogen-bond donors (Lipinski definition) is 0. The highest BCUT2D eigenvalue weighted by atomic mass is 14.4. The lowest BCUT2D eigenvalue weighted by molar-refractivity contribution is 0.403. The Morgan fingerprint density at radius 2 is 2.00 bits per heavy atom. The second kappa shape index (κ2) is 2.51. The quantitative estimate of drug-likeness (QED) is 0.501. The molecule has 1 fully saturated rings. The highest BCUT2D eigenvalue weighted by Crippen LogP contribution is 2.48. The van der Waals surface area contributed by atoms with Crippen LogP contribution in [-0.4, -0.2) is 0 Å². The molecule has 0 heterocycles. The number of fused-ring (bicyclic) bond motifs is 2. The Hall–Kier alpha value is -0.520. The van der Waals surface area contributed by atoms with E-state index in [9.17, 15) is 0 Å². The van der Waals surface area contributed by atoms with E-state index in [0.717, 1.165) is 23.7 Å². The molecule has 4 atom stereocenters. The van der Waals surface area contributed by atoms with Crippen LogP contribution in [0.25, 0.3) is 0 Å². The van der Waals surface area contributed by atoms with Crippen LogP contribution in [0, 0.1) is 23.7 Å². The van der Waals surface area contributed by atoms with Crippen LogP contribution in [-0.2, 0) is 0 Å². The van der Waals surface area contributed by atoms with Gasteiger partial charge in [-0.1, -0.05) is 31.2 Å². The first-order valence-electron chi connectivity index (χ1n) is 4.64. The van der Waals surface area contributed by atoms with Crippen molar-refractivity contribution in [1.82, 2.24) is 0 Å². The molecule has 0 aromatic rings. The van der Waals surface area contributed by atoms with Crippen molar-refractivity contribution in [2.45, 2.75) is 20.3 Å². The predicted octanol–water partition coefficient (Wildman–Crippen LogP) is 3.02. The lowest BCUT2D eigenvalue weighted by Crippen LogP contribution is -2.13. The summed E-state index contributed by atoms with van der Waals surface area (Å²) in [5.41, 5.74) is 0. The van der Waals surface area contributed by atoms with Gasteiger partial charge >= 0.3 is 0 Å². The van der Waals surface area contributed by atoms with Crippen LogP contribution in [0.2, 0.25) is 0 Å². The fourth-order valence-electron chi connectivity index (χ4n) is 2.65. The highest BCUT2D eigenvalue weighted by Gasteiger charge is 2.39. The summed E-state index contributed by atoms with van der Waals surface area (Å²) in [5.74, 6) is 3.49. The summed E-state index contributed by atoms with van der Waals surface area (Å²) in [6, 6.07) is 0. The molecule has 2 bridgehead atoms. The summed E-state index contributed by atoms with van der Waals surface area (Å²) in [6.07, 6.45) is 10.8. The van der Waals surface area contributed by atoms with Gasteiger partial charge in [0.05, 0.1) is 0 Å². The molecular weight excluding hydrogens is 132 g/mol. The summed E-state index contributed by atoms with van der Waals surface area (Å²) in [6.45, 7) is 4.52. The van der Waals surface area contributed by atoms with Crippen molar-refractivity contribution in [3.63, 3.8) is 0 Å². The maximum absolute atomic E-state index is 2.41. The topological polar surface area (TPSA) is 0 Å². The van der Waals surface area contributed by atoms with E-state index in [1.807, 2.05) is 0 Å². The Balaban J connectivity index is 2.18. The monoisotopic (exact) mass is 148 g/mol. The van der Waals surface area contributed by atoms with E-state index in [2.05, 4.69) is 38.2 Å². The zero-order valence-corrected chi connectivity index (χ0v) is 7.33. The minimum absolute atomic E-state index is 0.843. The standard InChI is InChI=1S/C11H16/c1-3-4-11-8(2)9-5-6-10(11)7-9/h3-6,8-11H,7H2,1-2H3/b4-3-. The van der Waals surface area contributed by atoms with E-state index < -0.39 is 0 Å². The molecule has 4 unspecified atom stereocenters. The number of allylic oxidation sites excluding steroid dienone is 4. The van der Waals surface area contributed by atoms with Gasteiger partial charge in [-0.15, -0.1) is 0 Å². The summed E-state index contributed by atoms with van der Waals surface area (Å²) in [4.78, 5) is 0. The molecule has 0 amide bonds. The fraction of sp³-hybridized carbons (Fsp3) is 0.636. The average molecular weight is 148 g/mol. The van der Waals surface area contributed by atoms with Gasteiger partial charge in [-0.3, -0.25) is 0 Å². The Kier molecular flexibility index (Phi) is 1.63. The second-order valence-corrected chi connectivity index (χ2v) is 3.91. The van der Waals surface area contributed by atoms with Crippen LogP contribution in [0.15, 0.2) is 24.3 Å². The minimum Gasteiger partial charge on any atom is -0.0914 e. The summed E-state index contributed by atoms with van der Waals surface area (Å²) < 4.78 is 0. The maximum Gasteiger partial charge on any atom is -0.0139 e. The molecule has 0 aromatic heterocycles. The smallest absolute Gasteiger partial charge is 0.0139 e. The Labute approximate surface area is 69.0 Å². The summed E-state index contributed by atoms with van der Waals surface area (Å²) in [7, 11) is 0. The van der Waals surface area contributed by atoms with Crippen LogP contribution in [0.3, 0.4) is 0 Å². The first-order chi connectivity index (χ1) is 5.33. The van der Waals surface area contributed by atoms with Crippen LogP contribution in [0.5, 0.6) is 0 Å². The molecule has 0 nitrogen and oxygen atoms in total. The molecule has 0 N–H and O–H groups in total. The molecule has 60 valence electrons. The Bertz CT molecular complexity index is 200. The molecule has 11 heavy (non-hydrogen) atoms. The molecule has 1 saturated carbocycles. The van der Waals surface area contributed by atoms with Crippen molar-refractivity contribution in [2.75, 3.05) is 0 Å². The second-order valence-electron chi connectivity index (χ2n) is 3.91. The fourth-order valence-corrected chi connectivity index (χ4v) is 2.65. The van der Waals surface area contributed by atoms with Gasteiger partial charge < -0.3 is 0 Å². The molecule has 0 heteroatoms. The van der Waals surface area contributed by atoms with Crippen molar-refractivity contribution in [1.29, 1.82) is 0 Å². The SMILES string of the molecule is C/C=C\C1C2C=CC(C2)C1C. The predicted molar refractivity (Wildman–Crippen MR) is 48.2 cm³/mol. The van der Waals surface area contributed by atoms with Gasteiger partial charge in [-0.05, 0) is 37.0 Å². The van der Waals surface area contributed by atoms with Crippen LogP contribution in [0.1, 0.15) is 20.3 Å². The third kappa shape index (κ3) is 0.962. The first kappa shape index (κ1) is 7.15. The Morgan fingerprint density at radius 1 is 1.27 bits per heavy atom. The van der Waals surface area contributed by atoms with Gasteiger partial charge in [0.15, 0.2) is 0 Å². The molecular formula is C11H16. The van der Waals surface area contributed by atoms with Crippen LogP contribution in [0.4, 0.5) is 0 Å². The van der Waals surface area contributed by atoms with Gasteiger partial charge in [0, 0.05) is 0 Å². The van der Waals surface area contributed by atoms with E-state index in [4.69, 9.17) is 0 Å². The molecule has 0 aliphatic heterocycles. The van der Waals surface area contributed by atoms with E-state index in [1.54, 1.807) is 0 Å². The van der Waals surface area contributed by atoms with Crippen molar-refractivity contribution in [3.8, 4) is 0 Å². The third-order valence-electron chi connectivity index (χ3n) is 3.34. The Morgan fingerprint density at radius 3 is 2.55 bits per heavy atom. The van der Waals surface area contributed by atoms with Crippen molar-refractivity contribution >= 4 is 0 Å². The van der Waals surface area contributed by atoms with Gasteiger partial charge in [-0.25, -0.2) is 0 Å². The zero-order valence-electron chi connectivity index (χ0n) is 7.33. The van der Waals surface area contributed by atoms with E-state index in [-0.39, 0.29) is 0 Å².